The number of phenols is 1. The molecule has 0 aliphatic rings. The molecular weight excluding hydrogens is 345 g/mol. The Morgan fingerprint density at radius 3 is 2.27 bits per heavy atom. The molecule has 0 fully saturated rings. The van der Waals surface area contributed by atoms with Crippen molar-refractivity contribution in [2.75, 3.05) is 0 Å². The van der Waals surface area contributed by atoms with Crippen molar-refractivity contribution in [3.63, 3.8) is 0 Å². The van der Waals surface area contributed by atoms with Gasteiger partial charge in [-0.15, -0.1) is 19.0 Å². The van der Waals surface area contributed by atoms with Crippen LogP contribution in [0.25, 0.3) is 0 Å². The summed E-state index contributed by atoms with van der Waals surface area (Å²) >= 11 is 6.51. The van der Waals surface area contributed by atoms with Crippen molar-refractivity contribution in [1.29, 1.82) is 0 Å². The van der Waals surface area contributed by atoms with E-state index in [1.54, 1.807) is 6.08 Å². The quantitative estimate of drug-likeness (QED) is 0.806. The lowest BCUT2D eigenvalue weighted by molar-refractivity contribution is 0.468. The minimum atomic E-state index is -0.0827. The van der Waals surface area contributed by atoms with Crippen LogP contribution in [-0.2, 0) is 0 Å². The molecule has 0 unspecified atom stereocenters. The number of nitrogens with two attached hydrogens (primary N) is 1. The highest BCUT2D eigenvalue weighted by Crippen LogP contribution is 2.35. The van der Waals surface area contributed by atoms with Crippen molar-refractivity contribution < 1.29 is 5.11 Å². The van der Waals surface area contributed by atoms with Gasteiger partial charge in [-0.3, -0.25) is 0 Å². The van der Waals surface area contributed by atoms with E-state index in [-0.39, 0.29) is 24.2 Å². The van der Waals surface area contributed by atoms with Crippen LogP contribution >= 0.6 is 44.3 Å². The Labute approximate surface area is 112 Å². The number of halogens is 3. The topological polar surface area (TPSA) is 46.2 Å². The molecule has 0 heterocycles. The Morgan fingerprint density at radius 1 is 1.40 bits per heavy atom. The monoisotopic (exact) mass is 355 g/mol. The third-order valence-electron chi connectivity index (χ3n) is 1.89. The molecule has 1 atom stereocenters. The Balaban J connectivity index is 0.00000196. The molecule has 0 bridgehead atoms. The van der Waals surface area contributed by atoms with Crippen LogP contribution in [0.4, 0.5) is 0 Å². The van der Waals surface area contributed by atoms with Gasteiger partial charge in [0, 0.05) is 6.04 Å². The van der Waals surface area contributed by atoms with Crippen molar-refractivity contribution in [3.8, 4) is 5.75 Å². The SMILES string of the molecule is C=CC[C@@H](N)c1cc(Br)c(O)c(Br)c1.Cl. The molecule has 0 saturated carbocycles. The van der Waals surface area contributed by atoms with Gasteiger partial charge >= 0.3 is 0 Å². The average Bonchev–Trinajstić information content (AvgIpc) is 2.13. The smallest absolute Gasteiger partial charge is 0.143 e. The molecule has 0 spiro atoms. The van der Waals surface area contributed by atoms with Crippen molar-refractivity contribution in [3.05, 3.63) is 39.3 Å². The molecule has 1 aromatic carbocycles. The van der Waals surface area contributed by atoms with Gasteiger partial charge in [-0.2, -0.15) is 0 Å². The van der Waals surface area contributed by atoms with Gasteiger partial charge in [0.05, 0.1) is 8.95 Å². The molecule has 0 amide bonds. The van der Waals surface area contributed by atoms with Crippen LogP contribution in [0.1, 0.15) is 18.0 Å². The first-order valence-corrected chi connectivity index (χ1v) is 5.69. The Hall–Kier alpha value is -0.0300. The highest BCUT2D eigenvalue weighted by molar-refractivity contribution is 9.11. The summed E-state index contributed by atoms with van der Waals surface area (Å²) in [5.41, 5.74) is 6.86. The Kier molecular flexibility index (Phi) is 6.52. The Bertz CT molecular complexity index is 334. The molecule has 3 N–H and O–H groups in total. The summed E-state index contributed by atoms with van der Waals surface area (Å²) < 4.78 is 1.28. The van der Waals surface area contributed by atoms with Gasteiger partial charge in [-0.05, 0) is 56.0 Å². The molecule has 5 heteroatoms. The lowest BCUT2D eigenvalue weighted by Crippen LogP contribution is -2.08. The standard InChI is InChI=1S/C10H11Br2NO.ClH/c1-2-3-9(13)6-4-7(11)10(14)8(12)5-6;/h2,4-5,9,14H,1,3,13H2;1H/t9-;/m1./s1. The number of hydrogen-bond donors (Lipinski definition) is 2. The number of rotatable bonds is 3. The van der Waals surface area contributed by atoms with E-state index < -0.39 is 0 Å². The van der Waals surface area contributed by atoms with Gasteiger partial charge in [0.1, 0.15) is 5.75 Å². The predicted octanol–water partition coefficient (Wildman–Crippen LogP) is 3.91. The van der Waals surface area contributed by atoms with Crippen LogP contribution < -0.4 is 5.73 Å². The van der Waals surface area contributed by atoms with Gasteiger partial charge in [0.2, 0.25) is 0 Å². The van der Waals surface area contributed by atoms with Crippen LogP contribution in [0.2, 0.25) is 0 Å². The first kappa shape index (κ1) is 15.0. The molecule has 0 aliphatic carbocycles. The normalized spacial score (nSPS) is 11.7. The van der Waals surface area contributed by atoms with E-state index in [2.05, 4.69) is 38.4 Å². The zero-order chi connectivity index (χ0) is 10.7. The molecule has 2 nitrogen and oxygen atoms in total. The number of benzene rings is 1. The van der Waals surface area contributed by atoms with Crippen LogP contribution in [0.5, 0.6) is 5.75 Å². The third kappa shape index (κ3) is 3.79. The highest BCUT2D eigenvalue weighted by Gasteiger charge is 2.10. The zero-order valence-corrected chi connectivity index (χ0v) is 11.9. The van der Waals surface area contributed by atoms with E-state index in [0.717, 1.165) is 5.56 Å². The molecule has 1 rings (SSSR count). The molecular formula is C10H12Br2ClNO. The summed E-state index contributed by atoms with van der Waals surface area (Å²) in [4.78, 5) is 0. The fraction of sp³-hybridized carbons (Fsp3) is 0.200. The van der Waals surface area contributed by atoms with Crippen molar-refractivity contribution in [1.82, 2.24) is 0 Å². The van der Waals surface area contributed by atoms with Crippen LogP contribution in [0, 0.1) is 0 Å². The van der Waals surface area contributed by atoms with Crippen LogP contribution in [-0.4, -0.2) is 5.11 Å². The maximum Gasteiger partial charge on any atom is 0.143 e. The van der Waals surface area contributed by atoms with Gasteiger partial charge < -0.3 is 10.8 Å². The fourth-order valence-corrected chi connectivity index (χ4v) is 2.34. The van der Waals surface area contributed by atoms with E-state index in [0.29, 0.717) is 15.4 Å². The predicted molar refractivity (Wildman–Crippen MR) is 72.5 cm³/mol. The molecule has 0 aliphatic heterocycles. The summed E-state index contributed by atoms with van der Waals surface area (Å²) in [6.45, 7) is 3.64. The Morgan fingerprint density at radius 2 is 1.87 bits per heavy atom. The summed E-state index contributed by atoms with van der Waals surface area (Å²) in [7, 11) is 0. The minimum absolute atomic E-state index is 0. The number of hydrogen-bond acceptors (Lipinski definition) is 2. The molecule has 0 radical (unpaired) electrons. The second-order valence-electron chi connectivity index (χ2n) is 2.96. The van der Waals surface area contributed by atoms with Gasteiger partial charge in [-0.25, -0.2) is 0 Å². The maximum atomic E-state index is 9.49. The highest BCUT2D eigenvalue weighted by atomic mass is 79.9. The van der Waals surface area contributed by atoms with E-state index in [1.807, 2.05) is 12.1 Å². The summed E-state index contributed by atoms with van der Waals surface area (Å²) in [6.07, 6.45) is 2.49. The first-order valence-electron chi connectivity index (χ1n) is 4.10. The van der Waals surface area contributed by atoms with Crippen LogP contribution in [0.3, 0.4) is 0 Å². The molecule has 1 aromatic rings. The summed E-state index contributed by atoms with van der Waals surface area (Å²) in [5.74, 6) is 0.194. The lowest BCUT2D eigenvalue weighted by Gasteiger charge is -2.11. The average molecular weight is 357 g/mol. The van der Waals surface area contributed by atoms with Crippen molar-refractivity contribution in [2.45, 2.75) is 12.5 Å². The van der Waals surface area contributed by atoms with E-state index in [1.165, 1.54) is 0 Å². The third-order valence-corrected chi connectivity index (χ3v) is 3.10. The van der Waals surface area contributed by atoms with Gasteiger partial charge in [0.15, 0.2) is 0 Å². The second kappa shape index (κ2) is 6.53. The second-order valence-corrected chi connectivity index (χ2v) is 4.67. The van der Waals surface area contributed by atoms with Gasteiger partial charge in [-0.1, -0.05) is 6.08 Å². The lowest BCUT2D eigenvalue weighted by atomic mass is 10.0. The summed E-state index contributed by atoms with van der Waals surface area (Å²) in [6, 6.07) is 3.54. The summed E-state index contributed by atoms with van der Waals surface area (Å²) in [5, 5.41) is 9.49. The molecule has 84 valence electrons. The number of phenolic OH excluding ortho intramolecular Hbond substituents is 1. The molecule has 0 aromatic heterocycles. The van der Waals surface area contributed by atoms with Gasteiger partial charge in [0.25, 0.3) is 0 Å². The molecule has 15 heavy (non-hydrogen) atoms. The minimum Gasteiger partial charge on any atom is -0.506 e. The van der Waals surface area contributed by atoms with Crippen molar-refractivity contribution >= 4 is 44.3 Å². The van der Waals surface area contributed by atoms with Crippen molar-refractivity contribution in [2.24, 2.45) is 5.73 Å². The van der Waals surface area contributed by atoms with E-state index >= 15 is 0 Å². The fourth-order valence-electron chi connectivity index (χ4n) is 1.11. The largest absolute Gasteiger partial charge is 0.506 e. The zero-order valence-electron chi connectivity index (χ0n) is 7.91. The van der Waals surface area contributed by atoms with E-state index in [4.69, 9.17) is 5.73 Å². The molecule has 0 saturated heterocycles. The van der Waals surface area contributed by atoms with Crippen LogP contribution in [0.15, 0.2) is 33.7 Å². The van der Waals surface area contributed by atoms with E-state index in [9.17, 15) is 5.11 Å². The number of aromatic hydroxyl groups is 1. The first-order chi connectivity index (χ1) is 6.56. The maximum absolute atomic E-state index is 9.49.